The summed E-state index contributed by atoms with van der Waals surface area (Å²) in [5.74, 6) is 0.304. The van der Waals surface area contributed by atoms with E-state index in [1.807, 2.05) is 40.9 Å². The van der Waals surface area contributed by atoms with Crippen LogP contribution in [0.4, 0.5) is 4.79 Å². The molecule has 2 aliphatic rings. The van der Waals surface area contributed by atoms with Crippen molar-refractivity contribution < 1.29 is 14.3 Å². The Kier molecular flexibility index (Phi) is 6.01. The average molecular weight is 432 g/mol. The summed E-state index contributed by atoms with van der Waals surface area (Å²) in [6.45, 7) is 11.4. The summed E-state index contributed by atoms with van der Waals surface area (Å²) in [4.78, 5) is 25.6. The first-order valence-corrected chi connectivity index (χ1v) is 10.5. The van der Waals surface area contributed by atoms with Crippen molar-refractivity contribution in [2.75, 3.05) is 27.2 Å². The molecule has 0 aromatic heterocycles. The number of allylic oxidation sites excluding steroid dienone is 1. The van der Waals surface area contributed by atoms with Crippen molar-refractivity contribution in [2.45, 2.75) is 39.2 Å². The molecule has 1 aliphatic heterocycles. The van der Waals surface area contributed by atoms with Gasteiger partial charge in [0.25, 0.3) is 0 Å². The Labute approximate surface area is 183 Å². The maximum atomic E-state index is 12.2. The molecule has 0 N–H and O–H groups in total. The fraction of sp³-hybridized carbons (Fsp3) is 0.522. The number of aldehydes is 1. The molecule has 1 aromatic rings. The van der Waals surface area contributed by atoms with Gasteiger partial charge in [-0.2, -0.15) is 5.10 Å². The number of nitrogens with zero attached hydrogens (tertiary/aromatic N) is 3. The van der Waals surface area contributed by atoms with E-state index in [-0.39, 0.29) is 11.5 Å². The van der Waals surface area contributed by atoms with Crippen LogP contribution in [0, 0.1) is 11.3 Å². The van der Waals surface area contributed by atoms with Crippen LogP contribution in [0.5, 0.6) is 0 Å². The molecule has 0 radical (unpaired) electrons. The molecule has 0 bridgehead atoms. The second-order valence-electron chi connectivity index (χ2n) is 9.60. The minimum absolute atomic E-state index is 0.155. The Bertz CT molecular complexity index is 888. The van der Waals surface area contributed by atoms with Crippen LogP contribution in [-0.2, 0) is 4.74 Å². The number of ether oxygens (including phenoxy) is 1. The van der Waals surface area contributed by atoms with Gasteiger partial charge < -0.3 is 14.6 Å². The number of benzene rings is 1. The van der Waals surface area contributed by atoms with Crippen molar-refractivity contribution in [3.05, 3.63) is 40.4 Å². The second kappa shape index (κ2) is 8.06. The fourth-order valence-electron chi connectivity index (χ4n) is 4.25. The van der Waals surface area contributed by atoms with Gasteiger partial charge in [-0.15, -0.1) is 0 Å². The van der Waals surface area contributed by atoms with Gasteiger partial charge in [-0.25, -0.2) is 4.79 Å². The van der Waals surface area contributed by atoms with Gasteiger partial charge in [-0.1, -0.05) is 24.2 Å². The van der Waals surface area contributed by atoms with Crippen molar-refractivity contribution in [3.8, 4) is 0 Å². The molecule has 0 unspecified atom stereocenters. The zero-order valence-corrected chi connectivity index (χ0v) is 19.1. The lowest BCUT2D eigenvalue weighted by molar-refractivity contribution is -0.0830. The van der Waals surface area contributed by atoms with Crippen molar-refractivity contribution in [1.29, 1.82) is 0 Å². The van der Waals surface area contributed by atoms with E-state index in [1.165, 1.54) is 0 Å². The molecule has 3 rings (SSSR count). The second-order valence-corrected chi connectivity index (χ2v) is 10.0. The first kappa shape index (κ1) is 22.3. The minimum atomic E-state index is -0.481. The van der Waals surface area contributed by atoms with E-state index in [9.17, 15) is 9.59 Å². The molecule has 0 atom stereocenters. The van der Waals surface area contributed by atoms with E-state index < -0.39 is 5.60 Å². The van der Waals surface area contributed by atoms with E-state index in [0.29, 0.717) is 22.1 Å². The number of amides is 1. The van der Waals surface area contributed by atoms with Crippen LogP contribution >= 0.6 is 11.6 Å². The van der Waals surface area contributed by atoms with Gasteiger partial charge in [0, 0.05) is 43.7 Å². The monoisotopic (exact) mass is 431 g/mol. The molecule has 1 aliphatic carbocycles. The van der Waals surface area contributed by atoms with E-state index >= 15 is 0 Å². The number of hydrogen-bond donors (Lipinski definition) is 0. The van der Waals surface area contributed by atoms with Gasteiger partial charge in [0.1, 0.15) is 5.60 Å². The Morgan fingerprint density at radius 1 is 1.30 bits per heavy atom. The molecule has 1 amide bonds. The number of carbonyl (C=O) groups excluding carboxylic acids is 2. The van der Waals surface area contributed by atoms with E-state index in [4.69, 9.17) is 16.3 Å². The molecule has 30 heavy (non-hydrogen) atoms. The first-order valence-electron chi connectivity index (χ1n) is 10.1. The van der Waals surface area contributed by atoms with Crippen LogP contribution in [0.25, 0.3) is 5.57 Å². The van der Waals surface area contributed by atoms with Gasteiger partial charge >= 0.3 is 6.09 Å². The predicted molar refractivity (Wildman–Crippen MR) is 120 cm³/mol. The zero-order chi connectivity index (χ0) is 22.3. The zero-order valence-electron chi connectivity index (χ0n) is 18.4. The quantitative estimate of drug-likeness (QED) is 0.385. The van der Waals surface area contributed by atoms with Crippen LogP contribution in [0.3, 0.4) is 0 Å². The molecule has 1 heterocycles. The van der Waals surface area contributed by atoms with Crippen LogP contribution in [0.1, 0.15) is 55.1 Å². The lowest BCUT2D eigenvalue weighted by Gasteiger charge is -2.59. The molecule has 1 saturated heterocycles. The summed E-state index contributed by atoms with van der Waals surface area (Å²) in [5.41, 5.74) is 2.68. The highest BCUT2D eigenvalue weighted by Gasteiger charge is 2.55. The highest BCUT2D eigenvalue weighted by Crippen LogP contribution is 2.56. The number of likely N-dealkylation sites (tertiary alicyclic amines) is 1. The summed E-state index contributed by atoms with van der Waals surface area (Å²) in [6.07, 6.45) is 4.12. The standard InChI is InChI=1S/C23H30ClN3O3/c1-15(17-7-8-20(24)19(12-28)18(17)11-25-26(5)6)16-9-23(10-16)13-27(14-23)21(29)30-22(2,3)4/h7-8,11-12,16H,1,9-10,13-14H2,2-6H3/b25-11-. The third kappa shape index (κ3) is 4.53. The van der Waals surface area contributed by atoms with E-state index in [2.05, 4.69) is 11.7 Å². The van der Waals surface area contributed by atoms with Gasteiger partial charge in [0.05, 0.1) is 11.2 Å². The molecule has 2 fully saturated rings. The number of hydrogen-bond acceptors (Lipinski definition) is 5. The predicted octanol–water partition coefficient (Wildman–Crippen LogP) is 4.71. The molecule has 7 heteroatoms. The largest absolute Gasteiger partial charge is 0.444 e. The normalized spacial score (nSPS) is 18.1. The van der Waals surface area contributed by atoms with Gasteiger partial charge in [-0.05, 0) is 56.7 Å². The summed E-state index contributed by atoms with van der Waals surface area (Å²) in [6, 6.07) is 3.65. The SMILES string of the molecule is C=C(c1ccc(Cl)c(C=O)c1/C=N\N(C)C)C1CC2(C1)CN(C(=O)OC(C)(C)C)C2. The van der Waals surface area contributed by atoms with Crippen LogP contribution in [-0.4, -0.2) is 61.3 Å². The smallest absolute Gasteiger partial charge is 0.410 e. The fourth-order valence-corrected chi connectivity index (χ4v) is 4.46. The molecule has 162 valence electrons. The third-order valence-electron chi connectivity index (χ3n) is 5.67. The maximum absolute atomic E-state index is 12.2. The topological polar surface area (TPSA) is 62.2 Å². The Morgan fingerprint density at radius 2 is 1.93 bits per heavy atom. The summed E-state index contributed by atoms with van der Waals surface area (Å²) in [5, 5.41) is 6.37. The highest BCUT2D eigenvalue weighted by atomic mass is 35.5. The number of hydrazone groups is 1. The number of carbonyl (C=O) groups is 2. The lowest BCUT2D eigenvalue weighted by atomic mass is 9.55. The minimum Gasteiger partial charge on any atom is -0.444 e. The lowest BCUT2D eigenvalue weighted by Crippen LogP contribution is -2.64. The molecule has 1 aromatic carbocycles. The molecular formula is C23H30ClN3O3. The average Bonchev–Trinajstić information content (AvgIpc) is 2.55. The van der Waals surface area contributed by atoms with Gasteiger partial charge in [-0.3, -0.25) is 4.79 Å². The Balaban J connectivity index is 1.69. The van der Waals surface area contributed by atoms with E-state index in [0.717, 1.165) is 43.4 Å². The summed E-state index contributed by atoms with van der Waals surface area (Å²) in [7, 11) is 3.64. The summed E-state index contributed by atoms with van der Waals surface area (Å²) >= 11 is 6.23. The molecule has 6 nitrogen and oxygen atoms in total. The van der Waals surface area contributed by atoms with Gasteiger partial charge in [0.15, 0.2) is 6.29 Å². The molecule has 1 spiro atoms. The van der Waals surface area contributed by atoms with Crippen molar-refractivity contribution >= 4 is 35.8 Å². The van der Waals surface area contributed by atoms with Crippen LogP contribution in [0.15, 0.2) is 23.8 Å². The Morgan fingerprint density at radius 3 is 2.47 bits per heavy atom. The van der Waals surface area contributed by atoms with Crippen LogP contribution in [0.2, 0.25) is 5.02 Å². The number of rotatable bonds is 5. The maximum Gasteiger partial charge on any atom is 0.410 e. The van der Waals surface area contributed by atoms with Crippen molar-refractivity contribution in [3.63, 3.8) is 0 Å². The molecule has 1 saturated carbocycles. The van der Waals surface area contributed by atoms with E-state index in [1.54, 1.807) is 22.2 Å². The Hall–Kier alpha value is -2.34. The van der Waals surface area contributed by atoms with Crippen molar-refractivity contribution in [1.82, 2.24) is 9.91 Å². The number of halogens is 1. The third-order valence-corrected chi connectivity index (χ3v) is 6.00. The summed E-state index contributed by atoms with van der Waals surface area (Å²) < 4.78 is 5.45. The highest BCUT2D eigenvalue weighted by molar-refractivity contribution is 6.33. The van der Waals surface area contributed by atoms with Gasteiger partial charge in [0.2, 0.25) is 0 Å². The van der Waals surface area contributed by atoms with Crippen LogP contribution < -0.4 is 0 Å². The molecular weight excluding hydrogens is 402 g/mol. The van der Waals surface area contributed by atoms with Crippen molar-refractivity contribution in [2.24, 2.45) is 16.4 Å². The first-order chi connectivity index (χ1) is 13.9.